The van der Waals surface area contributed by atoms with Crippen molar-refractivity contribution in [3.8, 4) is 0 Å². The van der Waals surface area contributed by atoms with E-state index in [-0.39, 0.29) is 29.4 Å². The molecule has 1 aliphatic heterocycles. The van der Waals surface area contributed by atoms with Crippen LogP contribution in [-0.2, 0) is 22.7 Å². The van der Waals surface area contributed by atoms with Gasteiger partial charge in [0.05, 0.1) is 17.1 Å². The molecule has 4 rings (SSSR count). The number of carbonyl (C=O) groups is 2. The summed E-state index contributed by atoms with van der Waals surface area (Å²) in [5.74, 6) is -0.450. The Morgan fingerprint density at radius 3 is 2.71 bits per heavy atom. The number of anilines is 1. The van der Waals surface area contributed by atoms with E-state index in [9.17, 15) is 18.0 Å². The average Bonchev–Trinajstić information content (AvgIpc) is 3.29. The van der Waals surface area contributed by atoms with E-state index in [0.717, 1.165) is 35.3 Å². The van der Waals surface area contributed by atoms with Gasteiger partial charge in [0.25, 0.3) is 11.8 Å². The molecule has 0 saturated carbocycles. The molecule has 1 saturated heterocycles. The lowest BCUT2D eigenvalue weighted by atomic mass is 10.1. The second kappa shape index (κ2) is 7.33. The van der Waals surface area contributed by atoms with Crippen LogP contribution < -0.4 is 10.6 Å². The SMILES string of the molecule is Cc1cccc(C(=O)Nc2sc3c(c2C(=O)NC2CCS(=O)(=O)C2)CCC3)c1. The first-order valence-corrected chi connectivity index (χ1v) is 12.0. The quantitative estimate of drug-likeness (QED) is 0.799. The second-order valence-corrected chi connectivity index (χ2v) is 10.8. The zero-order chi connectivity index (χ0) is 19.9. The molecule has 2 aliphatic rings. The Labute approximate surface area is 168 Å². The fourth-order valence-electron chi connectivity index (χ4n) is 3.86. The number of sulfone groups is 1. The molecule has 6 nitrogen and oxygen atoms in total. The maximum Gasteiger partial charge on any atom is 0.256 e. The monoisotopic (exact) mass is 418 g/mol. The number of nitrogens with one attached hydrogen (secondary N) is 2. The van der Waals surface area contributed by atoms with Gasteiger partial charge in [-0.25, -0.2) is 8.42 Å². The van der Waals surface area contributed by atoms with E-state index in [1.165, 1.54) is 11.3 Å². The van der Waals surface area contributed by atoms with Gasteiger partial charge >= 0.3 is 0 Å². The van der Waals surface area contributed by atoms with Crippen LogP contribution in [0, 0.1) is 6.92 Å². The zero-order valence-corrected chi connectivity index (χ0v) is 17.2. The highest BCUT2D eigenvalue weighted by molar-refractivity contribution is 7.91. The summed E-state index contributed by atoms with van der Waals surface area (Å²) in [4.78, 5) is 26.8. The Bertz CT molecular complexity index is 1060. The van der Waals surface area contributed by atoms with Crippen molar-refractivity contribution in [2.45, 2.75) is 38.6 Å². The van der Waals surface area contributed by atoms with E-state index >= 15 is 0 Å². The van der Waals surface area contributed by atoms with Gasteiger partial charge < -0.3 is 10.6 Å². The smallest absolute Gasteiger partial charge is 0.256 e. The van der Waals surface area contributed by atoms with Crippen molar-refractivity contribution in [1.29, 1.82) is 0 Å². The van der Waals surface area contributed by atoms with Gasteiger partial charge in [-0.1, -0.05) is 17.7 Å². The van der Waals surface area contributed by atoms with Crippen LogP contribution in [0.2, 0.25) is 0 Å². The highest BCUT2D eigenvalue weighted by Crippen LogP contribution is 2.39. The molecule has 1 fully saturated rings. The Hall–Kier alpha value is -2.19. The third kappa shape index (κ3) is 3.84. The molecule has 2 amide bonds. The number of amides is 2. The molecular formula is C20H22N2O4S2. The Morgan fingerprint density at radius 2 is 2.00 bits per heavy atom. The maximum absolute atomic E-state index is 13.0. The van der Waals surface area contributed by atoms with Crippen LogP contribution in [-0.4, -0.2) is 37.8 Å². The average molecular weight is 419 g/mol. The van der Waals surface area contributed by atoms with Crippen molar-refractivity contribution >= 4 is 38.0 Å². The number of rotatable bonds is 4. The van der Waals surface area contributed by atoms with Crippen LogP contribution in [0.5, 0.6) is 0 Å². The Morgan fingerprint density at radius 1 is 1.18 bits per heavy atom. The van der Waals surface area contributed by atoms with Gasteiger partial charge in [0.2, 0.25) is 0 Å². The van der Waals surface area contributed by atoms with Gasteiger partial charge in [-0.3, -0.25) is 9.59 Å². The first kappa shape index (κ1) is 19.1. The molecule has 0 spiro atoms. The standard InChI is InChI=1S/C20H22N2O4S2/c1-12-4-2-5-13(10-12)18(23)22-20-17(15-6-3-7-16(15)27-20)19(24)21-14-8-9-28(25,26)11-14/h2,4-5,10,14H,3,6-9,11H2,1H3,(H,21,24)(H,22,23). The van der Waals surface area contributed by atoms with Gasteiger partial charge in [-0.05, 0) is 50.3 Å². The number of aryl methyl sites for hydroxylation is 2. The Kier molecular flexibility index (Phi) is 5.01. The van der Waals surface area contributed by atoms with Crippen LogP contribution in [0.15, 0.2) is 24.3 Å². The summed E-state index contributed by atoms with van der Waals surface area (Å²) in [6.45, 7) is 1.92. The number of thiophene rings is 1. The summed E-state index contributed by atoms with van der Waals surface area (Å²) in [6.07, 6.45) is 3.13. The normalized spacial score (nSPS) is 20.0. The molecule has 0 bridgehead atoms. The van der Waals surface area contributed by atoms with Crippen LogP contribution >= 0.6 is 11.3 Å². The second-order valence-electron chi connectivity index (χ2n) is 7.46. The van der Waals surface area contributed by atoms with Crippen molar-refractivity contribution < 1.29 is 18.0 Å². The Balaban J connectivity index is 1.58. The summed E-state index contributed by atoms with van der Waals surface area (Å²) in [5.41, 5.74) is 3.02. The lowest BCUT2D eigenvalue weighted by molar-refractivity contribution is 0.0941. The van der Waals surface area contributed by atoms with Crippen molar-refractivity contribution in [1.82, 2.24) is 5.32 Å². The largest absolute Gasteiger partial charge is 0.348 e. The van der Waals surface area contributed by atoms with E-state index in [0.29, 0.717) is 22.5 Å². The van der Waals surface area contributed by atoms with Gasteiger partial charge in [0.15, 0.2) is 9.84 Å². The number of fused-ring (bicyclic) bond motifs is 1. The fraction of sp³-hybridized carbons (Fsp3) is 0.400. The predicted molar refractivity (Wildman–Crippen MR) is 110 cm³/mol. The lowest BCUT2D eigenvalue weighted by Gasteiger charge is -2.13. The molecule has 2 heterocycles. The van der Waals surface area contributed by atoms with Crippen molar-refractivity contribution in [2.24, 2.45) is 0 Å². The molecule has 2 N–H and O–H groups in total. The van der Waals surface area contributed by atoms with E-state index in [4.69, 9.17) is 0 Å². The molecule has 8 heteroatoms. The summed E-state index contributed by atoms with van der Waals surface area (Å²) < 4.78 is 23.4. The van der Waals surface area contributed by atoms with Crippen molar-refractivity contribution in [3.63, 3.8) is 0 Å². The van der Waals surface area contributed by atoms with Crippen molar-refractivity contribution in [3.05, 3.63) is 51.4 Å². The molecule has 0 radical (unpaired) electrons. The minimum Gasteiger partial charge on any atom is -0.348 e. The number of hydrogen-bond acceptors (Lipinski definition) is 5. The van der Waals surface area contributed by atoms with E-state index in [2.05, 4.69) is 10.6 Å². The van der Waals surface area contributed by atoms with Crippen LogP contribution in [0.4, 0.5) is 5.00 Å². The number of carbonyl (C=O) groups excluding carboxylic acids is 2. The molecule has 1 unspecified atom stereocenters. The molecule has 148 valence electrons. The summed E-state index contributed by atoms with van der Waals surface area (Å²) >= 11 is 1.45. The van der Waals surface area contributed by atoms with Crippen LogP contribution in [0.1, 0.15) is 49.6 Å². The highest BCUT2D eigenvalue weighted by Gasteiger charge is 2.32. The van der Waals surface area contributed by atoms with Crippen LogP contribution in [0.3, 0.4) is 0 Å². The summed E-state index contributed by atoms with van der Waals surface area (Å²) in [7, 11) is -3.07. The highest BCUT2D eigenvalue weighted by atomic mass is 32.2. The fourth-order valence-corrected chi connectivity index (χ4v) is 6.82. The third-order valence-electron chi connectivity index (χ3n) is 5.22. The summed E-state index contributed by atoms with van der Waals surface area (Å²) in [5, 5.41) is 6.32. The molecule has 2 aromatic rings. The molecular weight excluding hydrogens is 396 g/mol. The first-order chi connectivity index (χ1) is 13.3. The lowest BCUT2D eigenvalue weighted by Crippen LogP contribution is -2.36. The third-order valence-corrected chi connectivity index (χ3v) is 8.20. The molecule has 1 aromatic heterocycles. The maximum atomic E-state index is 13.0. The molecule has 1 aliphatic carbocycles. The molecule has 1 atom stereocenters. The van der Waals surface area contributed by atoms with Crippen molar-refractivity contribution in [2.75, 3.05) is 16.8 Å². The minimum absolute atomic E-state index is 0.0178. The van der Waals surface area contributed by atoms with Gasteiger partial charge in [-0.15, -0.1) is 11.3 Å². The van der Waals surface area contributed by atoms with Crippen LogP contribution in [0.25, 0.3) is 0 Å². The van der Waals surface area contributed by atoms with Gasteiger partial charge in [0, 0.05) is 16.5 Å². The predicted octanol–water partition coefficient (Wildman–Crippen LogP) is 2.71. The van der Waals surface area contributed by atoms with Gasteiger partial charge in [-0.2, -0.15) is 0 Å². The first-order valence-electron chi connectivity index (χ1n) is 9.36. The number of hydrogen-bond donors (Lipinski definition) is 2. The topological polar surface area (TPSA) is 92.3 Å². The van der Waals surface area contributed by atoms with E-state index in [1.807, 2.05) is 19.1 Å². The van der Waals surface area contributed by atoms with E-state index in [1.54, 1.807) is 12.1 Å². The molecule has 1 aromatic carbocycles. The van der Waals surface area contributed by atoms with Gasteiger partial charge in [0.1, 0.15) is 5.00 Å². The minimum atomic E-state index is -3.07. The summed E-state index contributed by atoms with van der Waals surface area (Å²) in [6, 6.07) is 6.93. The number of benzene rings is 1. The van der Waals surface area contributed by atoms with E-state index < -0.39 is 9.84 Å². The molecule has 28 heavy (non-hydrogen) atoms. The zero-order valence-electron chi connectivity index (χ0n) is 15.6.